The number of amides is 1. The van der Waals surface area contributed by atoms with Crippen molar-refractivity contribution in [3.05, 3.63) is 0 Å². The van der Waals surface area contributed by atoms with E-state index in [1.165, 1.54) is 0 Å². The number of hydrogen-bond acceptors (Lipinski definition) is 1. The Bertz CT molecular complexity index is 87.0. The lowest BCUT2D eigenvalue weighted by atomic mass is 10.7. The van der Waals surface area contributed by atoms with Gasteiger partial charge in [0.15, 0.2) is 5.75 Å². The zero-order chi connectivity index (χ0) is 6.57. The first kappa shape index (κ1) is 12.0. The molecule has 56 valence electrons. The minimum Gasteiger partial charge on any atom is -1.00 e. The van der Waals surface area contributed by atoms with Gasteiger partial charge in [-0.05, 0) is 10.9 Å². The Morgan fingerprint density at radius 3 is 2.11 bits per heavy atom. The van der Waals surface area contributed by atoms with Crippen LogP contribution in [-0.2, 0) is 15.7 Å². The van der Waals surface area contributed by atoms with E-state index in [-0.39, 0.29) is 33.8 Å². The minimum atomic E-state index is 0. The molecule has 0 aliphatic rings. The van der Waals surface area contributed by atoms with Crippen molar-refractivity contribution in [1.29, 1.82) is 0 Å². The van der Waals surface area contributed by atoms with Crippen LogP contribution in [0.4, 0.5) is 0 Å². The molecule has 0 bridgehead atoms. The van der Waals surface area contributed by atoms with Gasteiger partial charge < -0.3 is 22.3 Å². The van der Waals surface area contributed by atoms with Gasteiger partial charge in [-0.1, -0.05) is 0 Å². The molecule has 0 saturated heterocycles. The van der Waals surface area contributed by atoms with Crippen molar-refractivity contribution in [2.75, 3.05) is 25.3 Å². The predicted octanol–water partition coefficient (Wildman–Crippen LogP) is -3.39. The van der Waals surface area contributed by atoms with Crippen molar-refractivity contribution in [1.82, 2.24) is 5.32 Å². The molecule has 1 amide bonds. The van der Waals surface area contributed by atoms with Crippen LogP contribution in [0.3, 0.4) is 0 Å². The van der Waals surface area contributed by atoms with Crippen LogP contribution in [0.2, 0.25) is 0 Å². The first-order valence-corrected chi connectivity index (χ1v) is 4.62. The molecule has 1 N–H and O–H groups in total. The van der Waals surface area contributed by atoms with Crippen molar-refractivity contribution in [2.24, 2.45) is 0 Å². The Kier molecular flexibility index (Phi) is 8.58. The maximum Gasteiger partial charge on any atom is 0.269 e. The van der Waals surface area contributed by atoms with Gasteiger partial charge in [0.05, 0.1) is 12.5 Å². The standard InChI is InChI=1S/C5H11NOS.BrH/c1-6-5(7)4-8(2)3;/h4H2,1-3H3;1H. The van der Waals surface area contributed by atoms with E-state index < -0.39 is 0 Å². The van der Waals surface area contributed by atoms with Crippen LogP contribution in [0.5, 0.6) is 0 Å². The molecule has 0 radical (unpaired) electrons. The Hall–Kier alpha value is 0.300. The van der Waals surface area contributed by atoms with Gasteiger partial charge in [-0.3, -0.25) is 4.79 Å². The maximum absolute atomic E-state index is 10.5. The van der Waals surface area contributed by atoms with Crippen LogP contribution >= 0.6 is 0 Å². The van der Waals surface area contributed by atoms with Crippen LogP contribution in [0.15, 0.2) is 0 Å². The number of carbonyl (C=O) groups is 1. The van der Waals surface area contributed by atoms with E-state index >= 15 is 0 Å². The molecular weight excluding hydrogens is 202 g/mol. The number of hydrogen-bond donors (Lipinski definition) is 1. The molecule has 4 heteroatoms. The van der Waals surface area contributed by atoms with Gasteiger partial charge in [0.2, 0.25) is 0 Å². The predicted molar refractivity (Wildman–Crippen MR) is 38.1 cm³/mol. The maximum atomic E-state index is 10.5. The quantitative estimate of drug-likeness (QED) is 0.477. The lowest BCUT2D eigenvalue weighted by molar-refractivity contribution is -0.118. The third kappa shape index (κ3) is 8.30. The van der Waals surface area contributed by atoms with E-state index in [2.05, 4.69) is 17.8 Å². The highest BCUT2D eigenvalue weighted by molar-refractivity contribution is 7.96. The van der Waals surface area contributed by atoms with Crippen LogP contribution in [0, 0.1) is 0 Å². The van der Waals surface area contributed by atoms with Gasteiger partial charge in [-0.25, -0.2) is 0 Å². The second kappa shape index (κ2) is 6.42. The molecule has 0 aliphatic carbocycles. The Morgan fingerprint density at radius 1 is 1.56 bits per heavy atom. The van der Waals surface area contributed by atoms with Crippen LogP contribution in [0.25, 0.3) is 0 Å². The molecule has 2 nitrogen and oxygen atoms in total. The summed E-state index contributed by atoms with van der Waals surface area (Å²) in [4.78, 5) is 10.5. The minimum absolute atomic E-state index is 0. The van der Waals surface area contributed by atoms with E-state index in [0.29, 0.717) is 5.75 Å². The summed E-state index contributed by atoms with van der Waals surface area (Å²) < 4.78 is 0. The lowest BCUT2D eigenvalue weighted by Gasteiger charge is -1.93. The number of carbonyl (C=O) groups excluding carboxylic acids is 1. The van der Waals surface area contributed by atoms with Crippen molar-refractivity contribution in [3.8, 4) is 0 Å². The molecule has 0 heterocycles. The first-order chi connectivity index (χ1) is 3.66. The third-order valence-corrected chi connectivity index (χ3v) is 1.54. The summed E-state index contributed by atoms with van der Waals surface area (Å²) in [5, 5.41) is 2.56. The number of rotatable bonds is 2. The monoisotopic (exact) mass is 213 g/mol. The molecule has 9 heavy (non-hydrogen) atoms. The van der Waals surface area contributed by atoms with E-state index in [4.69, 9.17) is 0 Å². The molecule has 0 spiro atoms. The van der Waals surface area contributed by atoms with E-state index in [1.54, 1.807) is 7.05 Å². The molecule has 0 aromatic heterocycles. The number of nitrogens with one attached hydrogen (secondary N) is 1. The molecule has 0 saturated carbocycles. The smallest absolute Gasteiger partial charge is 0.269 e. The van der Waals surface area contributed by atoms with Gasteiger partial charge >= 0.3 is 0 Å². The van der Waals surface area contributed by atoms with E-state index in [1.807, 2.05) is 0 Å². The Balaban J connectivity index is 0. The highest BCUT2D eigenvalue weighted by Gasteiger charge is 2.07. The molecular formula is C5H12BrNOS. The van der Waals surface area contributed by atoms with Crippen LogP contribution < -0.4 is 22.3 Å². The SMILES string of the molecule is CNC(=O)C[S+](C)C.[Br-]. The van der Waals surface area contributed by atoms with Gasteiger partial charge in [0.25, 0.3) is 5.91 Å². The molecule has 0 aromatic rings. The summed E-state index contributed by atoms with van der Waals surface area (Å²) in [5.41, 5.74) is 0. The second-order valence-corrected chi connectivity index (χ2v) is 4.06. The summed E-state index contributed by atoms with van der Waals surface area (Å²) in [6, 6.07) is 0. The van der Waals surface area contributed by atoms with E-state index in [0.717, 1.165) is 0 Å². The van der Waals surface area contributed by atoms with Crippen LogP contribution in [-0.4, -0.2) is 31.2 Å². The fourth-order valence-corrected chi connectivity index (χ4v) is 1.00. The highest BCUT2D eigenvalue weighted by atomic mass is 79.9. The van der Waals surface area contributed by atoms with Crippen molar-refractivity contribution in [3.63, 3.8) is 0 Å². The van der Waals surface area contributed by atoms with E-state index in [9.17, 15) is 4.79 Å². The average molecular weight is 214 g/mol. The summed E-state index contributed by atoms with van der Waals surface area (Å²) in [6.07, 6.45) is 4.10. The van der Waals surface area contributed by atoms with Gasteiger partial charge in [-0.2, -0.15) is 0 Å². The average Bonchev–Trinajstić information content (AvgIpc) is 1.65. The summed E-state index contributed by atoms with van der Waals surface area (Å²) in [7, 11) is 1.90. The molecule has 0 atom stereocenters. The number of halogens is 1. The first-order valence-electron chi connectivity index (χ1n) is 2.41. The summed E-state index contributed by atoms with van der Waals surface area (Å²) in [5.74, 6) is 0.801. The largest absolute Gasteiger partial charge is 1.00 e. The zero-order valence-electron chi connectivity index (χ0n) is 5.90. The topological polar surface area (TPSA) is 29.1 Å². The molecule has 0 aliphatic heterocycles. The third-order valence-electron chi connectivity index (χ3n) is 0.699. The highest BCUT2D eigenvalue weighted by Crippen LogP contribution is 1.80. The summed E-state index contributed by atoms with van der Waals surface area (Å²) >= 11 is 0. The van der Waals surface area contributed by atoms with Gasteiger partial charge in [0.1, 0.15) is 0 Å². The van der Waals surface area contributed by atoms with Gasteiger partial charge in [-0.15, -0.1) is 0 Å². The second-order valence-electron chi connectivity index (χ2n) is 1.80. The Labute approximate surface area is 69.5 Å². The summed E-state index contributed by atoms with van der Waals surface area (Å²) in [6.45, 7) is 0. The van der Waals surface area contributed by atoms with Crippen LogP contribution in [0.1, 0.15) is 0 Å². The molecule has 0 unspecified atom stereocenters. The fraction of sp³-hybridized carbons (Fsp3) is 0.800. The normalized spacial score (nSPS) is 8.44. The molecule has 0 fully saturated rings. The molecule has 0 rings (SSSR count). The fourth-order valence-electron chi connectivity index (χ4n) is 0.334. The zero-order valence-corrected chi connectivity index (χ0v) is 8.30. The lowest BCUT2D eigenvalue weighted by Crippen LogP contribution is -3.00. The molecule has 0 aromatic carbocycles. The van der Waals surface area contributed by atoms with Gasteiger partial charge in [0, 0.05) is 7.05 Å². The Morgan fingerprint density at radius 2 is 2.00 bits per heavy atom. The van der Waals surface area contributed by atoms with Crippen molar-refractivity contribution >= 4 is 16.8 Å². The van der Waals surface area contributed by atoms with Crippen molar-refractivity contribution in [2.45, 2.75) is 0 Å². The van der Waals surface area contributed by atoms with Crippen molar-refractivity contribution < 1.29 is 21.8 Å².